The fraction of sp³-hybridized carbons (Fsp3) is 0.333. The van der Waals surface area contributed by atoms with Gasteiger partial charge in [0.1, 0.15) is 11.5 Å². The number of rotatable bonds is 4. The molecule has 0 unspecified atom stereocenters. The van der Waals surface area contributed by atoms with E-state index in [4.69, 9.17) is 0 Å². The topological polar surface area (TPSA) is 92.7 Å². The number of anilines is 1. The fourth-order valence-electron chi connectivity index (χ4n) is 3.11. The standard InChI is InChI=1S/C18H21N5O2/c1-10-6-5-7-14(19-10)20-15(24)9-8-13-11(2)16-12(3)22-23(4)17(16)21-18(13)25/h5-7H,8-9H2,1-4H3,(H,21,25)(H,19,20,24). The van der Waals surface area contributed by atoms with E-state index in [1.807, 2.05) is 32.9 Å². The maximum atomic E-state index is 12.4. The Morgan fingerprint density at radius 1 is 1.28 bits per heavy atom. The van der Waals surface area contributed by atoms with E-state index < -0.39 is 0 Å². The van der Waals surface area contributed by atoms with Gasteiger partial charge in [0.05, 0.1) is 5.69 Å². The van der Waals surface area contributed by atoms with Crippen LogP contribution in [0.2, 0.25) is 0 Å². The van der Waals surface area contributed by atoms with Crippen molar-refractivity contribution < 1.29 is 4.79 Å². The predicted octanol–water partition coefficient (Wildman–Crippen LogP) is 2.15. The molecular weight excluding hydrogens is 318 g/mol. The first-order chi connectivity index (χ1) is 11.9. The van der Waals surface area contributed by atoms with Crippen molar-refractivity contribution in [3.05, 3.63) is 51.1 Å². The Morgan fingerprint density at radius 2 is 2.04 bits per heavy atom. The van der Waals surface area contributed by atoms with Crippen molar-refractivity contribution >= 4 is 22.8 Å². The number of H-pyrrole nitrogens is 1. The molecule has 0 bridgehead atoms. The lowest BCUT2D eigenvalue weighted by Gasteiger charge is -2.08. The predicted molar refractivity (Wildman–Crippen MR) is 96.7 cm³/mol. The number of carbonyl (C=O) groups is 1. The molecule has 0 spiro atoms. The summed E-state index contributed by atoms with van der Waals surface area (Å²) < 4.78 is 1.67. The summed E-state index contributed by atoms with van der Waals surface area (Å²) in [5.74, 6) is 0.356. The Balaban J connectivity index is 1.80. The van der Waals surface area contributed by atoms with Gasteiger partial charge < -0.3 is 10.3 Å². The average molecular weight is 339 g/mol. The molecular formula is C18H21N5O2. The number of nitrogens with zero attached hydrogens (tertiary/aromatic N) is 3. The summed E-state index contributed by atoms with van der Waals surface area (Å²) in [4.78, 5) is 31.7. The van der Waals surface area contributed by atoms with Crippen LogP contribution in [-0.4, -0.2) is 25.7 Å². The third-order valence-corrected chi connectivity index (χ3v) is 4.31. The number of pyridine rings is 2. The maximum Gasteiger partial charge on any atom is 0.253 e. The van der Waals surface area contributed by atoms with Gasteiger partial charge in [0.25, 0.3) is 5.56 Å². The molecule has 0 aromatic carbocycles. The van der Waals surface area contributed by atoms with E-state index in [0.29, 0.717) is 23.4 Å². The summed E-state index contributed by atoms with van der Waals surface area (Å²) in [5.41, 5.74) is 3.73. The van der Waals surface area contributed by atoms with Crippen LogP contribution in [0.4, 0.5) is 5.82 Å². The number of nitrogens with one attached hydrogen (secondary N) is 2. The van der Waals surface area contributed by atoms with Gasteiger partial charge in [-0.3, -0.25) is 14.3 Å². The molecule has 3 heterocycles. The van der Waals surface area contributed by atoms with Crippen molar-refractivity contribution in [1.29, 1.82) is 0 Å². The van der Waals surface area contributed by atoms with Crippen molar-refractivity contribution in [2.45, 2.75) is 33.6 Å². The highest BCUT2D eigenvalue weighted by molar-refractivity contribution is 5.90. The van der Waals surface area contributed by atoms with Crippen molar-refractivity contribution in [3.63, 3.8) is 0 Å². The number of aromatic nitrogens is 4. The Labute approximate surface area is 145 Å². The van der Waals surface area contributed by atoms with Crippen LogP contribution >= 0.6 is 0 Å². The first kappa shape index (κ1) is 16.9. The molecule has 0 aliphatic rings. The van der Waals surface area contributed by atoms with Crippen LogP contribution in [-0.2, 0) is 18.3 Å². The molecule has 3 aromatic heterocycles. The SMILES string of the molecule is Cc1cccc(NC(=O)CCc2c(C)c3c(C)nn(C)c3[nH]c2=O)n1. The van der Waals surface area contributed by atoms with Crippen molar-refractivity contribution in [1.82, 2.24) is 19.7 Å². The first-order valence-electron chi connectivity index (χ1n) is 8.15. The highest BCUT2D eigenvalue weighted by Crippen LogP contribution is 2.21. The minimum atomic E-state index is -0.172. The highest BCUT2D eigenvalue weighted by Gasteiger charge is 2.16. The molecule has 7 nitrogen and oxygen atoms in total. The molecule has 7 heteroatoms. The van der Waals surface area contributed by atoms with Crippen LogP contribution < -0.4 is 10.9 Å². The zero-order chi connectivity index (χ0) is 18.1. The zero-order valence-electron chi connectivity index (χ0n) is 14.8. The second kappa shape index (κ2) is 6.51. The second-order valence-corrected chi connectivity index (χ2v) is 6.20. The Bertz CT molecular complexity index is 1020. The molecule has 25 heavy (non-hydrogen) atoms. The second-order valence-electron chi connectivity index (χ2n) is 6.20. The minimum absolute atomic E-state index is 0.167. The third kappa shape index (κ3) is 3.31. The number of amides is 1. The molecule has 0 fully saturated rings. The minimum Gasteiger partial charge on any atom is -0.311 e. The van der Waals surface area contributed by atoms with Gasteiger partial charge in [-0.05, 0) is 44.9 Å². The van der Waals surface area contributed by atoms with Crippen LogP contribution in [0.25, 0.3) is 11.0 Å². The van der Waals surface area contributed by atoms with Gasteiger partial charge in [-0.25, -0.2) is 4.98 Å². The maximum absolute atomic E-state index is 12.4. The molecule has 0 aliphatic carbocycles. The number of carbonyl (C=O) groups excluding carboxylic acids is 1. The Morgan fingerprint density at radius 3 is 2.76 bits per heavy atom. The van der Waals surface area contributed by atoms with Crippen LogP contribution in [0.1, 0.15) is 28.9 Å². The summed E-state index contributed by atoms with van der Waals surface area (Å²) in [6.07, 6.45) is 0.577. The summed E-state index contributed by atoms with van der Waals surface area (Å²) in [6.45, 7) is 5.68. The molecule has 1 amide bonds. The van der Waals surface area contributed by atoms with Crippen molar-refractivity contribution in [2.24, 2.45) is 7.05 Å². The monoisotopic (exact) mass is 339 g/mol. The molecule has 2 N–H and O–H groups in total. The molecule has 130 valence electrons. The van der Waals surface area contributed by atoms with E-state index >= 15 is 0 Å². The van der Waals surface area contributed by atoms with E-state index in [9.17, 15) is 9.59 Å². The molecule has 0 saturated carbocycles. The van der Waals surface area contributed by atoms with E-state index in [1.54, 1.807) is 17.8 Å². The van der Waals surface area contributed by atoms with E-state index in [1.165, 1.54) is 0 Å². The summed E-state index contributed by atoms with van der Waals surface area (Å²) in [5, 5.41) is 8.06. The van der Waals surface area contributed by atoms with Crippen LogP contribution in [0.5, 0.6) is 0 Å². The average Bonchev–Trinajstić information content (AvgIpc) is 2.81. The summed E-state index contributed by atoms with van der Waals surface area (Å²) in [7, 11) is 1.80. The summed E-state index contributed by atoms with van der Waals surface area (Å²) >= 11 is 0. The van der Waals surface area contributed by atoms with Gasteiger partial charge in [0.15, 0.2) is 0 Å². The third-order valence-electron chi connectivity index (χ3n) is 4.31. The molecule has 0 aliphatic heterocycles. The van der Waals surface area contributed by atoms with Gasteiger partial charge in [-0.1, -0.05) is 6.07 Å². The van der Waals surface area contributed by atoms with Gasteiger partial charge in [0.2, 0.25) is 5.91 Å². The molecule has 0 atom stereocenters. The van der Waals surface area contributed by atoms with Crippen molar-refractivity contribution in [3.8, 4) is 0 Å². The van der Waals surface area contributed by atoms with Gasteiger partial charge in [-0.15, -0.1) is 0 Å². The number of hydrogen-bond acceptors (Lipinski definition) is 4. The highest BCUT2D eigenvalue weighted by atomic mass is 16.1. The lowest BCUT2D eigenvalue weighted by molar-refractivity contribution is -0.116. The van der Waals surface area contributed by atoms with Crippen LogP contribution in [0.3, 0.4) is 0 Å². The first-order valence-corrected chi connectivity index (χ1v) is 8.15. The van der Waals surface area contributed by atoms with E-state index in [2.05, 4.69) is 20.4 Å². The largest absolute Gasteiger partial charge is 0.311 e. The molecule has 0 radical (unpaired) electrons. The van der Waals surface area contributed by atoms with Crippen LogP contribution in [0.15, 0.2) is 23.0 Å². The van der Waals surface area contributed by atoms with Gasteiger partial charge in [-0.2, -0.15) is 5.10 Å². The Hall–Kier alpha value is -2.96. The summed E-state index contributed by atoms with van der Waals surface area (Å²) in [6, 6.07) is 5.45. The van der Waals surface area contributed by atoms with E-state index in [-0.39, 0.29) is 17.9 Å². The smallest absolute Gasteiger partial charge is 0.253 e. The number of aromatic amines is 1. The van der Waals surface area contributed by atoms with Gasteiger partial charge >= 0.3 is 0 Å². The van der Waals surface area contributed by atoms with Crippen LogP contribution in [0, 0.1) is 20.8 Å². The van der Waals surface area contributed by atoms with Gasteiger partial charge in [0, 0.05) is 30.1 Å². The number of hydrogen-bond donors (Lipinski definition) is 2. The number of fused-ring (bicyclic) bond motifs is 1. The fourth-order valence-corrected chi connectivity index (χ4v) is 3.11. The normalized spacial score (nSPS) is 11.0. The zero-order valence-corrected chi connectivity index (χ0v) is 14.8. The molecule has 3 aromatic rings. The van der Waals surface area contributed by atoms with E-state index in [0.717, 1.165) is 22.3 Å². The number of aryl methyl sites for hydroxylation is 4. The Kier molecular flexibility index (Phi) is 4.39. The lowest BCUT2D eigenvalue weighted by Crippen LogP contribution is -2.19. The molecule has 3 rings (SSSR count). The lowest BCUT2D eigenvalue weighted by atomic mass is 10.0. The molecule has 0 saturated heterocycles. The quantitative estimate of drug-likeness (QED) is 0.762. The van der Waals surface area contributed by atoms with Crippen molar-refractivity contribution in [2.75, 3.05) is 5.32 Å².